The van der Waals surface area contributed by atoms with E-state index < -0.39 is 6.10 Å². The zero-order valence-electron chi connectivity index (χ0n) is 10.5. The number of Topliss-reactive ketones (excluding diaryl/α,β-unsaturated/α-hetero) is 1. The van der Waals surface area contributed by atoms with Crippen LogP contribution in [0.25, 0.3) is 5.53 Å². The first-order valence-corrected chi connectivity index (χ1v) is 6.11. The number of rotatable bonds is 6. The predicted molar refractivity (Wildman–Crippen MR) is 62.6 cm³/mol. The number of nitrogens with zero attached hydrogens (tertiary/aromatic N) is 2. The van der Waals surface area contributed by atoms with Crippen LogP contribution in [0.4, 0.5) is 0 Å². The van der Waals surface area contributed by atoms with Crippen molar-refractivity contribution in [1.82, 2.24) is 0 Å². The second-order valence-corrected chi connectivity index (χ2v) is 4.70. The van der Waals surface area contributed by atoms with Crippen molar-refractivity contribution in [3.8, 4) is 0 Å². The van der Waals surface area contributed by atoms with Gasteiger partial charge in [0.2, 0.25) is 0 Å². The number of carbonyl (C=O) groups excluding carboxylic acids is 1. The van der Waals surface area contributed by atoms with Gasteiger partial charge >= 0.3 is 6.21 Å². The lowest BCUT2D eigenvalue weighted by Gasteiger charge is -2.26. The molecule has 0 aromatic heterocycles. The molecule has 2 atom stereocenters. The maximum atomic E-state index is 11.7. The van der Waals surface area contributed by atoms with E-state index in [4.69, 9.17) is 15.0 Å². The maximum Gasteiger partial charge on any atom is 0.325 e. The van der Waals surface area contributed by atoms with Gasteiger partial charge in [0.05, 0.1) is 0 Å². The fraction of sp³-hybridized carbons (Fsp3) is 0.833. The Bertz CT molecular complexity index is 292. The largest absolute Gasteiger partial charge is 0.361 e. The van der Waals surface area contributed by atoms with Crippen molar-refractivity contribution in [1.29, 1.82) is 0 Å². The highest BCUT2D eigenvalue weighted by atomic mass is 16.7. The van der Waals surface area contributed by atoms with E-state index in [1.807, 2.05) is 13.8 Å². The van der Waals surface area contributed by atoms with E-state index in [1.54, 1.807) is 0 Å². The molecule has 17 heavy (non-hydrogen) atoms. The molecule has 0 aromatic rings. The van der Waals surface area contributed by atoms with E-state index >= 15 is 0 Å². The Hall–Kier alpha value is -1.03. The van der Waals surface area contributed by atoms with Crippen LogP contribution < -0.4 is 0 Å². The first-order valence-electron chi connectivity index (χ1n) is 6.11. The quantitative estimate of drug-likeness (QED) is 0.404. The lowest BCUT2D eigenvalue weighted by molar-refractivity contribution is -0.191. The van der Waals surface area contributed by atoms with E-state index in [0.29, 0.717) is 18.9 Å². The number of hydrogen-bond donors (Lipinski definition) is 0. The van der Waals surface area contributed by atoms with Gasteiger partial charge in [-0.25, -0.2) is 0 Å². The van der Waals surface area contributed by atoms with Gasteiger partial charge in [-0.1, -0.05) is 13.8 Å². The summed E-state index contributed by atoms with van der Waals surface area (Å²) in [5.41, 5.74) is 8.39. The Morgan fingerprint density at radius 1 is 1.59 bits per heavy atom. The van der Waals surface area contributed by atoms with Gasteiger partial charge < -0.3 is 15.0 Å². The number of ketones is 1. The third kappa shape index (κ3) is 5.22. The topological polar surface area (TPSA) is 71.9 Å². The molecule has 1 fully saturated rings. The number of hydrogen-bond acceptors (Lipinski definition) is 3. The third-order valence-electron chi connectivity index (χ3n) is 2.64. The third-order valence-corrected chi connectivity index (χ3v) is 2.64. The summed E-state index contributed by atoms with van der Waals surface area (Å²) in [6, 6.07) is 0. The van der Waals surface area contributed by atoms with Gasteiger partial charge in [0, 0.05) is 6.61 Å². The highest BCUT2D eigenvalue weighted by Gasteiger charge is 2.27. The minimum atomic E-state index is -0.575. The summed E-state index contributed by atoms with van der Waals surface area (Å²) in [6.07, 6.45) is 3.54. The normalized spacial score (nSPS) is 21.9. The van der Waals surface area contributed by atoms with E-state index in [0.717, 1.165) is 25.5 Å². The monoisotopic (exact) mass is 240 g/mol. The SMILES string of the molecule is CC(C)C[C@H](OC1CCCCO1)C(=O)C=[N+]=[N-]. The second kappa shape index (κ2) is 7.33. The summed E-state index contributed by atoms with van der Waals surface area (Å²) >= 11 is 0. The van der Waals surface area contributed by atoms with Crippen LogP contribution in [0.5, 0.6) is 0 Å². The molecule has 0 aliphatic carbocycles. The number of carbonyl (C=O) groups is 1. The van der Waals surface area contributed by atoms with Gasteiger partial charge in [-0.05, 0) is 31.6 Å². The van der Waals surface area contributed by atoms with Crippen molar-refractivity contribution in [2.45, 2.75) is 51.9 Å². The Morgan fingerprint density at radius 3 is 2.88 bits per heavy atom. The Kier molecular flexibility index (Phi) is 6.05. The minimum absolute atomic E-state index is 0.302. The molecule has 0 spiro atoms. The average molecular weight is 240 g/mol. The van der Waals surface area contributed by atoms with Gasteiger partial charge in [-0.3, -0.25) is 4.79 Å². The molecule has 1 heterocycles. The highest BCUT2D eigenvalue weighted by molar-refractivity contribution is 6.27. The van der Waals surface area contributed by atoms with Crippen LogP contribution in [-0.4, -0.2) is 35.8 Å². The fourth-order valence-corrected chi connectivity index (χ4v) is 1.81. The summed E-state index contributed by atoms with van der Waals surface area (Å²) in [6.45, 7) is 4.71. The molecule has 1 unspecified atom stereocenters. The zero-order valence-corrected chi connectivity index (χ0v) is 10.5. The summed E-state index contributed by atoms with van der Waals surface area (Å²) in [5, 5.41) is 0. The van der Waals surface area contributed by atoms with Crippen molar-refractivity contribution in [2.24, 2.45) is 5.92 Å². The highest BCUT2D eigenvalue weighted by Crippen LogP contribution is 2.18. The molecule has 0 saturated carbocycles. The summed E-state index contributed by atoms with van der Waals surface area (Å²) in [7, 11) is 0. The van der Waals surface area contributed by atoms with E-state index in [-0.39, 0.29) is 12.1 Å². The van der Waals surface area contributed by atoms with Crippen LogP contribution in [0.3, 0.4) is 0 Å². The molecule has 5 nitrogen and oxygen atoms in total. The molecule has 0 N–H and O–H groups in total. The first-order chi connectivity index (χ1) is 8.13. The molecule has 1 aliphatic heterocycles. The number of ether oxygens (including phenoxy) is 2. The van der Waals surface area contributed by atoms with Crippen LogP contribution in [0.15, 0.2) is 0 Å². The van der Waals surface area contributed by atoms with Gasteiger partial charge in [0.15, 0.2) is 6.29 Å². The molecule has 0 amide bonds. The molecule has 0 aromatic carbocycles. The van der Waals surface area contributed by atoms with Crippen molar-refractivity contribution in [2.75, 3.05) is 6.61 Å². The van der Waals surface area contributed by atoms with Crippen molar-refractivity contribution in [3.63, 3.8) is 0 Å². The second-order valence-electron chi connectivity index (χ2n) is 4.70. The fourth-order valence-electron chi connectivity index (χ4n) is 1.81. The summed E-state index contributed by atoms with van der Waals surface area (Å²) in [4.78, 5) is 14.4. The molecule has 1 saturated heterocycles. The van der Waals surface area contributed by atoms with E-state index in [2.05, 4.69) is 4.79 Å². The average Bonchev–Trinajstić information content (AvgIpc) is 2.29. The van der Waals surface area contributed by atoms with Crippen molar-refractivity contribution >= 4 is 12.0 Å². The van der Waals surface area contributed by atoms with Crippen molar-refractivity contribution < 1.29 is 19.1 Å². The van der Waals surface area contributed by atoms with Crippen LogP contribution in [0.2, 0.25) is 0 Å². The zero-order chi connectivity index (χ0) is 12.7. The molecule has 96 valence electrons. The smallest absolute Gasteiger partial charge is 0.325 e. The molecular formula is C12H20N2O3. The van der Waals surface area contributed by atoms with Gasteiger partial charge in [0.25, 0.3) is 5.78 Å². The Morgan fingerprint density at radius 2 is 2.35 bits per heavy atom. The molecule has 0 bridgehead atoms. The summed E-state index contributed by atoms with van der Waals surface area (Å²) in [5.74, 6) is 0.0232. The van der Waals surface area contributed by atoms with Crippen LogP contribution in [-0.2, 0) is 14.3 Å². The molecule has 1 aliphatic rings. The first kappa shape index (κ1) is 14.0. The summed E-state index contributed by atoms with van der Waals surface area (Å²) < 4.78 is 11.1. The van der Waals surface area contributed by atoms with Gasteiger partial charge in [-0.2, -0.15) is 4.79 Å². The Balaban J connectivity index is 2.55. The van der Waals surface area contributed by atoms with Crippen molar-refractivity contribution in [3.05, 3.63) is 5.53 Å². The van der Waals surface area contributed by atoms with Gasteiger partial charge in [0.1, 0.15) is 6.10 Å². The minimum Gasteiger partial charge on any atom is -0.361 e. The maximum absolute atomic E-state index is 11.7. The van der Waals surface area contributed by atoms with Gasteiger partial charge in [-0.15, -0.1) is 0 Å². The van der Waals surface area contributed by atoms with Crippen LogP contribution in [0.1, 0.15) is 39.5 Å². The predicted octanol–water partition coefficient (Wildman–Crippen LogP) is 1.81. The standard InChI is InChI=1S/C12H20N2O3/c1-9(2)7-11(10(15)8-14-13)17-12-5-3-4-6-16-12/h8-9,11-12H,3-7H2,1-2H3/t11-,12?/m0/s1. The van der Waals surface area contributed by atoms with E-state index in [9.17, 15) is 4.79 Å². The molecule has 5 heteroatoms. The molecular weight excluding hydrogens is 220 g/mol. The molecule has 0 radical (unpaired) electrons. The van der Waals surface area contributed by atoms with Crippen LogP contribution in [0, 0.1) is 5.92 Å². The van der Waals surface area contributed by atoms with E-state index in [1.165, 1.54) is 0 Å². The lowest BCUT2D eigenvalue weighted by atomic mass is 10.0. The molecule has 1 rings (SSSR count). The Labute approximate surface area is 102 Å². The lowest BCUT2D eigenvalue weighted by Crippen LogP contribution is -2.34. The van der Waals surface area contributed by atoms with Crippen LogP contribution >= 0.6 is 0 Å².